The predicted octanol–water partition coefficient (Wildman–Crippen LogP) is 4.80. The Kier molecular flexibility index (Phi) is 6.61. The Morgan fingerprint density at radius 2 is 1.93 bits per heavy atom. The average Bonchev–Trinajstić information content (AvgIpc) is 2.68. The van der Waals surface area contributed by atoms with E-state index in [9.17, 15) is 4.79 Å². The van der Waals surface area contributed by atoms with Gasteiger partial charge in [-0.3, -0.25) is 4.79 Å². The van der Waals surface area contributed by atoms with Crippen molar-refractivity contribution in [3.8, 4) is 0 Å². The van der Waals surface area contributed by atoms with E-state index in [2.05, 4.69) is 51.1 Å². The number of hydrogen-bond donors (Lipinski definition) is 1. The van der Waals surface area contributed by atoms with Gasteiger partial charge in [-0.25, -0.2) is 0 Å². The quantitative estimate of drug-likeness (QED) is 0.756. The molecule has 1 unspecified atom stereocenters. The molecule has 1 saturated heterocycles. The molecule has 0 aliphatic carbocycles. The molecule has 1 aliphatic heterocycles. The molecule has 0 spiro atoms. The molecule has 0 saturated carbocycles. The maximum Gasteiger partial charge on any atom is 0.253 e. The summed E-state index contributed by atoms with van der Waals surface area (Å²) in [5.41, 5.74) is 10.6. The van der Waals surface area contributed by atoms with Crippen LogP contribution in [0.4, 0.5) is 0 Å². The van der Waals surface area contributed by atoms with Crippen LogP contribution >= 0.6 is 11.8 Å². The number of piperidine rings is 1. The normalized spacial score (nSPS) is 16.4. The van der Waals surface area contributed by atoms with Gasteiger partial charge in [0.1, 0.15) is 0 Å². The van der Waals surface area contributed by atoms with E-state index >= 15 is 0 Å². The number of carbonyl (C=O) groups is 1. The second-order valence-electron chi connectivity index (χ2n) is 7.75. The molecule has 2 N–H and O–H groups in total. The van der Waals surface area contributed by atoms with Gasteiger partial charge < -0.3 is 10.6 Å². The third-order valence-electron chi connectivity index (χ3n) is 5.48. The van der Waals surface area contributed by atoms with Crippen molar-refractivity contribution in [2.75, 3.05) is 13.1 Å². The number of aryl methyl sites for hydroxylation is 2. The van der Waals surface area contributed by atoms with Gasteiger partial charge in [0.2, 0.25) is 0 Å². The first-order valence-corrected chi connectivity index (χ1v) is 10.8. The van der Waals surface area contributed by atoms with Crippen LogP contribution in [0.15, 0.2) is 47.4 Å². The Morgan fingerprint density at radius 1 is 1.19 bits per heavy atom. The number of thioether (sulfide) groups is 1. The largest absolute Gasteiger partial charge is 0.339 e. The molecule has 0 aromatic heterocycles. The van der Waals surface area contributed by atoms with Gasteiger partial charge in [-0.15, -0.1) is 11.8 Å². The van der Waals surface area contributed by atoms with Crippen LogP contribution in [0.3, 0.4) is 0 Å². The lowest BCUT2D eigenvalue weighted by molar-refractivity contribution is 0.0681. The summed E-state index contributed by atoms with van der Waals surface area (Å²) >= 11 is 1.84. The number of benzene rings is 2. The summed E-state index contributed by atoms with van der Waals surface area (Å²) in [6.07, 6.45) is 2.01. The second-order valence-corrected chi connectivity index (χ2v) is 8.76. The molecule has 0 radical (unpaired) electrons. The van der Waals surface area contributed by atoms with Crippen LogP contribution in [-0.2, 0) is 5.75 Å². The Bertz CT molecular complexity index is 795. The lowest BCUT2D eigenvalue weighted by Gasteiger charge is -2.33. The highest BCUT2D eigenvalue weighted by Crippen LogP contribution is 2.28. The van der Waals surface area contributed by atoms with Crippen LogP contribution in [0, 0.1) is 19.8 Å². The molecule has 1 fully saturated rings. The topological polar surface area (TPSA) is 46.3 Å². The first kappa shape index (κ1) is 20.0. The van der Waals surface area contributed by atoms with Crippen LogP contribution in [0.2, 0.25) is 0 Å². The van der Waals surface area contributed by atoms with Crippen molar-refractivity contribution >= 4 is 17.7 Å². The highest BCUT2D eigenvalue weighted by molar-refractivity contribution is 7.98. The molecule has 27 heavy (non-hydrogen) atoms. The lowest BCUT2D eigenvalue weighted by Crippen LogP contribution is -2.42. The minimum absolute atomic E-state index is 0.150. The molecule has 1 heterocycles. The highest BCUT2D eigenvalue weighted by Gasteiger charge is 2.25. The first-order chi connectivity index (χ1) is 12.9. The molecule has 0 bridgehead atoms. The van der Waals surface area contributed by atoms with E-state index in [1.165, 1.54) is 21.6 Å². The van der Waals surface area contributed by atoms with Gasteiger partial charge in [-0.05, 0) is 68.9 Å². The number of nitrogens with zero attached hydrogens (tertiary/aromatic N) is 1. The van der Waals surface area contributed by atoms with E-state index in [0.29, 0.717) is 5.92 Å². The summed E-state index contributed by atoms with van der Waals surface area (Å²) in [5, 5.41) is 0. The number of likely N-dealkylation sites (tertiary alicyclic amines) is 1. The molecule has 4 heteroatoms. The van der Waals surface area contributed by atoms with Crippen LogP contribution < -0.4 is 5.73 Å². The molecule has 144 valence electrons. The minimum Gasteiger partial charge on any atom is -0.339 e. The van der Waals surface area contributed by atoms with Gasteiger partial charge in [0, 0.05) is 35.3 Å². The first-order valence-electron chi connectivity index (χ1n) is 9.78. The summed E-state index contributed by atoms with van der Waals surface area (Å²) in [4.78, 5) is 16.2. The monoisotopic (exact) mass is 382 g/mol. The Labute approximate surface area is 167 Å². The maximum absolute atomic E-state index is 12.9. The molecular weight excluding hydrogens is 352 g/mol. The van der Waals surface area contributed by atoms with Crippen molar-refractivity contribution in [3.05, 3.63) is 64.7 Å². The van der Waals surface area contributed by atoms with E-state index in [-0.39, 0.29) is 11.9 Å². The number of carbonyl (C=O) groups excluding carboxylic acids is 1. The smallest absolute Gasteiger partial charge is 0.253 e. The summed E-state index contributed by atoms with van der Waals surface area (Å²) in [6.45, 7) is 7.96. The third kappa shape index (κ3) is 5.14. The van der Waals surface area contributed by atoms with Crippen LogP contribution in [0.25, 0.3) is 0 Å². The number of amides is 1. The predicted molar refractivity (Wildman–Crippen MR) is 114 cm³/mol. The average molecular weight is 383 g/mol. The van der Waals surface area contributed by atoms with Crippen molar-refractivity contribution < 1.29 is 4.79 Å². The maximum atomic E-state index is 12.9. The molecule has 3 rings (SSSR count). The standard InChI is InChI=1S/C23H30N2OS/c1-16-7-8-17(2)22(13-16)27-15-19-5-4-6-21(14-19)23(26)25-11-9-20(10-12-25)18(3)24/h4-8,13-14,18,20H,9-12,15,24H2,1-3H3. The van der Waals surface area contributed by atoms with Gasteiger partial charge in [0.15, 0.2) is 0 Å². The minimum atomic E-state index is 0.150. The Hall–Kier alpha value is -1.78. The molecule has 1 atom stereocenters. The van der Waals surface area contributed by atoms with Crippen molar-refractivity contribution in [1.82, 2.24) is 4.90 Å². The van der Waals surface area contributed by atoms with Crippen molar-refractivity contribution in [3.63, 3.8) is 0 Å². The summed E-state index contributed by atoms with van der Waals surface area (Å²) < 4.78 is 0. The fraction of sp³-hybridized carbons (Fsp3) is 0.435. The summed E-state index contributed by atoms with van der Waals surface area (Å²) in [5.74, 6) is 1.56. The second kappa shape index (κ2) is 8.94. The van der Waals surface area contributed by atoms with Crippen LogP contribution in [0.1, 0.15) is 46.8 Å². The van der Waals surface area contributed by atoms with E-state index in [0.717, 1.165) is 37.2 Å². The van der Waals surface area contributed by atoms with Gasteiger partial charge in [0.05, 0.1) is 0 Å². The van der Waals surface area contributed by atoms with E-state index < -0.39 is 0 Å². The van der Waals surface area contributed by atoms with E-state index in [4.69, 9.17) is 5.73 Å². The molecule has 2 aromatic rings. The number of hydrogen-bond acceptors (Lipinski definition) is 3. The van der Waals surface area contributed by atoms with Crippen LogP contribution in [0.5, 0.6) is 0 Å². The van der Waals surface area contributed by atoms with E-state index in [1.807, 2.05) is 28.8 Å². The van der Waals surface area contributed by atoms with Gasteiger partial charge in [-0.1, -0.05) is 29.8 Å². The molecule has 1 amide bonds. The zero-order chi connectivity index (χ0) is 19.4. The van der Waals surface area contributed by atoms with Gasteiger partial charge >= 0.3 is 0 Å². The Morgan fingerprint density at radius 3 is 2.63 bits per heavy atom. The molecule has 1 aliphatic rings. The molecule has 3 nitrogen and oxygen atoms in total. The lowest BCUT2D eigenvalue weighted by atomic mass is 9.90. The fourth-order valence-corrected chi connectivity index (χ4v) is 4.70. The number of nitrogens with two attached hydrogens (primary N) is 1. The van der Waals surface area contributed by atoms with Crippen molar-refractivity contribution in [1.29, 1.82) is 0 Å². The van der Waals surface area contributed by atoms with Crippen LogP contribution in [-0.4, -0.2) is 29.9 Å². The summed E-state index contributed by atoms with van der Waals surface area (Å²) in [6, 6.07) is 14.9. The molecular formula is C23H30N2OS. The SMILES string of the molecule is Cc1ccc(C)c(SCc2cccc(C(=O)N3CCC(C(C)N)CC3)c2)c1. The Balaban J connectivity index is 1.63. The fourth-order valence-electron chi connectivity index (χ4n) is 3.63. The molecule has 2 aromatic carbocycles. The van der Waals surface area contributed by atoms with Gasteiger partial charge in [-0.2, -0.15) is 0 Å². The van der Waals surface area contributed by atoms with Gasteiger partial charge in [0.25, 0.3) is 5.91 Å². The summed E-state index contributed by atoms with van der Waals surface area (Å²) in [7, 11) is 0. The number of rotatable bonds is 5. The highest BCUT2D eigenvalue weighted by atomic mass is 32.2. The van der Waals surface area contributed by atoms with Crippen molar-refractivity contribution in [2.45, 2.75) is 50.3 Å². The van der Waals surface area contributed by atoms with E-state index in [1.54, 1.807) is 0 Å². The van der Waals surface area contributed by atoms with Crippen molar-refractivity contribution in [2.24, 2.45) is 11.7 Å². The third-order valence-corrected chi connectivity index (χ3v) is 6.71. The zero-order valence-corrected chi connectivity index (χ0v) is 17.4. The zero-order valence-electron chi connectivity index (χ0n) is 16.6.